The van der Waals surface area contributed by atoms with Crippen LogP contribution in [0.15, 0.2) is 55.1 Å². The number of ether oxygens (including phenoxy) is 2. The molecule has 6 heteroatoms. The maximum Gasteiger partial charge on any atom is 0.317 e. The average Bonchev–Trinajstić information content (AvgIpc) is 2.71. The first kappa shape index (κ1) is 19.9. The molecule has 2 amide bonds. The van der Waals surface area contributed by atoms with E-state index in [1.54, 1.807) is 11.0 Å². The van der Waals surface area contributed by atoms with Gasteiger partial charge in [-0.3, -0.25) is 0 Å². The lowest BCUT2D eigenvalue weighted by molar-refractivity contribution is -0.0172. The molecule has 0 aliphatic carbocycles. The van der Waals surface area contributed by atoms with E-state index >= 15 is 0 Å². The lowest BCUT2D eigenvalue weighted by atomic mass is 10.1. The van der Waals surface area contributed by atoms with Gasteiger partial charge in [0.1, 0.15) is 11.6 Å². The molecule has 1 heterocycles. The van der Waals surface area contributed by atoms with Gasteiger partial charge in [-0.15, -0.1) is 6.58 Å². The van der Waals surface area contributed by atoms with E-state index in [9.17, 15) is 9.18 Å². The van der Waals surface area contributed by atoms with Crippen molar-refractivity contribution in [1.82, 2.24) is 10.2 Å². The van der Waals surface area contributed by atoms with Gasteiger partial charge in [-0.05, 0) is 36.1 Å². The Morgan fingerprint density at radius 1 is 1.25 bits per heavy atom. The third-order valence-electron chi connectivity index (χ3n) is 4.57. The predicted octanol–water partition coefficient (Wildman–Crippen LogP) is 3.68. The van der Waals surface area contributed by atoms with Crippen LogP contribution in [0.4, 0.5) is 9.18 Å². The maximum absolute atomic E-state index is 13.8. The molecule has 148 valence electrons. The summed E-state index contributed by atoms with van der Waals surface area (Å²) in [5.74, 6) is 0.333. The van der Waals surface area contributed by atoms with Crippen LogP contribution in [0.5, 0.6) is 5.75 Å². The lowest BCUT2D eigenvalue weighted by Crippen LogP contribution is -2.42. The Balaban J connectivity index is 1.54. The summed E-state index contributed by atoms with van der Waals surface area (Å²) < 4.78 is 24.5. The molecule has 2 aromatic rings. The number of carbonyl (C=O) groups is 1. The van der Waals surface area contributed by atoms with E-state index in [-0.39, 0.29) is 18.6 Å². The van der Waals surface area contributed by atoms with Crippen molar-refractivity contribution in [3.8, 4) is 5.75 Å². The molecule has 0 aromatic heterocycles. The molecular weight excluding hydrogens is 359 g/mol. The highest BCUT2D eigenvalue weighted by Crippen LogP contribution is 2.29. The molecule has 0 spiro atoms. The van der Waals surface area contributed by atoms with Crippen LogP contribution in [0, 0.1) is 5.82 Å². The third-order valence-corrected chi connectivity index (χ3v) is 4.57. The van der Waals surface area contributed by atoms with Gasteiger partial charge in [-0.2, -0.15) is 0 Å². The molecule has 28 heavy (non-hydrogen) atoms. The summed E-state index contributed by atoms with van der Waals surface area (Å²) >= 11 is 0. The van der Waals surface area contributed by atoms with E-state index in [0.29, 0.717) is 44.0 Å². The Morgan fingerprint density at radius 2 is 2.07 bits per heavy atom. The van der Waals surface area contributed by atoms with Crippen LogP contribution in [0.3, 0.4) is 0 Å². The highest BCUT2D eigenvalue weighted by molar-refractivity contribution is 5.74. The minimum absolute atomic E-state index is 0.157. The van der Waals surface area contributed by atoms with Crippen LogP contribution in [-0.2, 0) is 24.2 Å². The minimum Gasteiger partial charge on any atom is -0.467 e. The summed E-state index contributed by atoms with van der Waals surface area (Å²) in [6.45, 7) is 5.67. The number of rotatable bonds is 8. The Bertz CT molecular complexity index is 811. The number of nitrogens with one attached hydrogen (secondary N) is 1. The molecule has 0 bridgehead atoms. The van der Waals surface area contributed by atoms with Crippen LogP contribution in [0.2, 0.25) is 0 Å². The van der Waals surface area contributed by atoms with Crippen molar-refractivity contribution < 1.29 is 18.7 Å². The fourth-order valence-corrected chi connectivity index (χ4v) is 3.20. The van der Waals surface area contributed by atoms with E-state index in [4.69, 9.17) is 9.47 Å². The van der Waals surface area contributed by atoms with Gasteiger partial charge in [0.15, 0.2) is 6.79 Å². The molecule has 0 saturated heterocycles. The summed E-state index contributed by atoms with van der Waals surface area (Å²) in [7, 11) is 0. The number of halogens is 1. The number of fused-ring (bicyclic) bond motifs is 1. The topological polar surface area (TPSA) is 50.8 Å². The van der Waals surface area contributed by atoms with Crippen LogP contribution in [0.1, 0.15) is 16.7 Å². The second-order valence-corrected chi connectivity index (χ2v) is 6.62. The van der Waals surface area contributed by atoms with E-state index < -0.39 is 0 Å². The van der Waals surface area contributed by atoms with E-state index in [0.717, 1.165) is 12.0 Å². The molecule has 5 nitrogen and oxygen atoms in total. The zero-order valence-corrected chi connectivity index (χ0v) is 15.8. The van der Waals surface area contributed by atoms with E-state index in [1.807, 2.05) is 30.3 Å². The van der Waals surface area contributed by atoms with E-state index in [1.165, 1.54) is 17.7 Å². The van der Waals surface area contributed by atoms with Crippen LogP contribution in [-0.4, -0.2) is 37.4 Å². The molecule has 0 fully saturated rings. The summed E-state index contributed by atoms with van der Waals surface area (Å²) in [5.41, 5.74) is 2.61. The van der Waals surface area contributed by atoms with Crippen LogP contribution < -0.4 is 10.1 Å². The normalized spacial score (nSPS) is 12.6. The molecule has 0 unspecified atom stereocenters. The molecule has 2 aromatic carbocycles. The second kappa shape index (κ2) is 9.90. The first-order chi connectivity index (χ1) is 13.7. The fraction of sp³-hybridized carbons (Fsp3) is 0.318. The van der Waals surface area contributed by atoms with Crippen molar-refractivity contribution in [2.24, 2.45) is 0 Å². The number of hydrogen-bond acceptors (Lipinski definition) is 3. The quantitative estimate of drug-likeness (QED) is 0.707. The monoisotopic (exact) mass is 384 g/mol. The number of carbonyl (C=O) groups excluding carboxylic acids is 1. The minimum atomic E-state index is -0.328. The van der Waals surface area contributed by atoms with Gasteiger partial charge in [0.2, 0.25) is 0 Å². The van der Waals surface area contributed by atoms with Gasteiger partial charge >= 0.3 is 6.03 Å². The molecule has 0 saturated carbocycles. The third kappa shape index (κ3) is 5.33. The van der Waals surface area contributed by atoms with Gasteiger partial charge in [0, 0.05) is 25.2 Å². The van der Waals surface area contributed by atoms with Gasteiger partial charge in [0.25, 0.3) is 0 Å². The number of hydrogen-bond donors (Lipinski definition) is 1. The smallest absolute Gasteiger partial charge is 0.317 e. The number of benzene rings is 2. The molecule has 1 aliphatic heterocycles. The second-order valence-electron chi connectivity index (χ2n) is 6.62. The Morgan fingerprint density at radius 3 is 2.86 bits per heavy atom. The summed E-state index contributed by atoms with van der Waals surface area (Å²) in [5, 5.41) is 2.91. The first-order valence-electron chi connectivity index (χ1n) is 9.37. The Labute approximate surface area is 164 Å². The van der Waals surface area contributed by atoms with Crippen molar-refractivity contribution in [2.75, 3.05) is 26.4 Å². The molecular formula is C22H25FN2O3. The van der Waals surface area contributed by atoms with Gasteiger partial charge in [-0.25, -0.2) is 9.18 Å². The zero-order valence-electron chi connectivity index (χ0n) is 15.8. The SMILES string of the molecule is C=CCN(CCc1ccccc1)C(=O)NCCc1cc(F)cc2c1OCOC2. The fourth-order valence-electron chi connectivity index (χ4n) is 3.20. The first-order valence-corrected chi connectivity index (χ1v) is 9.37. The lowest BCUT2D eigenvalue weighted by Gasteiger charge is -2.23. The van der Waals surface area contributed by atoms with Crippen molar-refractivity contribution in [2.45, 2.75) is 19.4 Å². The highest BCUT2D eigenvalue weighted by Gasteiger charge is 2.17. The van der Waals surface area contributed by atoms with Gasteiger partial charge in [-0.1, -0.05) is 36.4 Å². The molecule has 0 atom stereocenters. The summed E-state index contributed by atoms with van der Waals surface area (Å²) in [6, 6.07) is 12.7. The van der Waals surface area contributed by atoms with E-state index in [2.05, 4.69) is 11.9 Å². The molecule has 1 aliphatic rings. The Kier molecular flexibility index (Phi) is 7.03. The molecule has 1 N–H and O–H groups in total. The van der Waals surface area contributed by atoms with Crippen molar-refractivity contribution in [3.05, 3.63) is 77.6 Å². The van der Waals surface area contributed by atoms with Gasteiger partial charge in [0.05, 0.1) is 6.61 Å². The molecule has 0 radical (unpaired) electrons. The van der Waals surface area contributed by atoms with Crippen molar-refractivity contribution >= 4 is 6.03 Å². The van der Waals surface area contributed by atoms with Crippen LogP contribution >= 0.6 is 0 Å². The van der Waals surface area contributed by atoms with Crippen LogP contribution in [0.25, 0.3) is 0 Å². The maximum atomic E-state index is 13.8. The average molecular weight is 384 g/mol. The predicted molar refractivity (Wildman–Crippen MR) is 106 cm³/mol. The largest absolute Gasteiger partial charge is 0.467 e. The van der Waals surface area contributed by atoms with Crippen molar-refractivity contribution in [1.29, 1.82) is 0 Å². The summed E-state index contributed by atoms with van der Waals surface area (Å²) in [6.07, 6.45) is 2.96. The van der Waals surface area contributed by atoms with Crippen molar-refractivity contribution in [3.63, 3.8) is 0 Å². The van der Waals surface area contributed by atoms with Gasteiger partial charge < -0.3 is 19.7 Å². The summed E-state index contributed by atoms with van der Waals surface area (Å²) in [4.78, 5) is 14.3. The number of urea groups is 1. The number of amides is 2. The zero-order chi connectivity index (χ0) is 19.8. The number of nitrogens with zero attached hydrogens (tertiary/aromatic N) is 1. The molecule has 3 rings (SSSR count). The Hall–Kier alpha value is -2.86. The standard InChI is InChI=1S/C22H25FN2O3/c1-2-11-25(12-9-17-6-4-3-5-7-17)22(26)24-10-8-18-13-20(23)14-19-15-27-16-28-21(18)19/h2-7,13-14H,1,8-12,15-16H2,(H,24,26). The highest BCUT2D eigenvalue weighted by atomic mass is 19.1.